The van der Waals surface area contributed by atoms with Gasteiger partial charge in [0.25, 0.3) is 0 Å². The van der Waals surface area contributed by atoms with Gasteiger partial charge in [0.15, 0.2) is 0 Å². The summed E-state index contributed by atoms with van der Waals surface area (Å²) in [6.07, 6.45) is 2.04. The third kappa shape index (κ3) is 4.12. The molecular weight excluding hydrogens is 374 g/mol. The molecule has 1 fully saturated rings. The number of ether oxygens (including phenoxy) is 1. The van der Waals surface area contributed by atoms with E-state index in [-0.39, 0.29) is 5.91 Å². The summed E-state index contributed by atoms with van der Waals surface area (Å²) in [6, 6.07) is 2.03. The number of morpholine rings is 1. The van der Waals surface area contributed by atoms with E-state index in [1.54, 1.807) is 11.3 Å². The van der Waals surface area contributed by atoms with Crippen molar-refractivity contribution >= 4 is 29.0 Å². The first-order chi connectivity index (χ1) is 13.6. The molecule has 0 aromatic carbocycles. The van der Waals surface area contributed by atoms with Crippen molar-refractivity contribution < 1.29 is 9.53 Å². The highest BCUT2D eigenvalue weighted by molar-refractivity contribution is 7.08. The maximum atomic E-state index is 12.8. The van der Waals surface area contributed by atoms with Gasteiger partial charge in [-0.25, -0.2) is 4.98 Å². The molecule has 1 saturated heterocycles. The second kappa shape index (κ2) is 8.45. The number of fused-ring (bicyclic) bond motifs is 1. The van der Waals surface area contributed by atoms with Crippen molar-refractivity contribution in [3.05, 3.63) is 33.6 Å². The normalized spacial score (nSPS) is 17.2. The fourth-order valence-corrected chi connectivity index (χ4v) is 4.44. The van der Waals surface area contributed by atoms with Crippen molar-refractivity contribution in [2.45, 2.75) is 19.3 Å². The molecule has 0 radical (unpaired) electrons. The Kier molecular flexibility index (Phi) is 5.77. The predicted molar refractivity (Wildman–Crippen MR) is 111 cm³/mol. The molecule has 0 aliphatic carbocycles. The minimum atomic E-state index is 0.193. The summed E-state index contributed by atoms with van der Waals surface area (Å²) in [5, 5.41) is 4.07. The number of hydrogen-bond acceptors (Lipinski definition) is 7. The zero-order chi connectivity index (χ0) is 19.5. The van der Waals surface area contributed by atoms with Crippen LogP contribution in [0.15, 0.2) is 16.8 Å². The van der Waals surface area contributed by atoms with Crippen molar-refractivity contribution in [2.24, 2.45) is 0 Å². The average Bonchev–Trinajstić information content (AvgIpc) is 3.11. The molecule has 8 heteroatoms. The lowest BCUT2D eigenvalue weighted by Crippen LogP contribution is -2.38. The number of carbonyl (C=O) groups is 1. The SMILES string of the molecule is CN(C)c1nc(N2CCOCC2)nc2c1CCN(C(=O)Cc1ccsc1)CC2. The Morgan fingerprint density at radius 3 is 2.68 bits per heavy atom. The second-order valence-electron chi connectivity index (χ2n) is 7.46. The van der Waals surface area contributed by atoms with Gasteiger partial charge in [0, 0.05) is 52.3 Å². The molecule has 2 aromatic heterocycles. The van der Waals surface area contributed by atoms with Gasteiger partial charge in [-0.1, -0.05) is 0 Å². The Balaban J connectivity index is 1.55. The Morgan fingerprint density at radius 1 is 1.18 bits per heavy atom. The summed E-state index contributed by atoms with van der Waals surface area (Å²) in [5.41, 5.74) is 3.35. The molecule has 0 unspecified atom stereocenters. The molecule has 2 aromatic rings. The number of anilines is 2. The van der Waals surface area contributed by atoms with Crippen molar-refractivity contribution in [1.82, 2.24) is 14.9 Å². The fourth-order valence-electron chi connectivity index (χ4n) is 3.77. The smallest absolute Gasteiger partial charge is 0.227 e. The fraction of sp³-hybridized carbons (Fsp3) is 0.550. The lowest BCUT2D eigenvalue weighted by molar-refractivity contribution is -0.130. The molecule has 1 amide bonds. The predicted octanol–water partition coefficient (Wildman–Crippen LogP) is 1.61. The Labute approximate surface area is 169 Å². The molecule has 4 rings (SSSR count). The third-order valence-corrected chi connectivity index (χ3v) is 6.05. The van der Waals surface area contributed by atoms with Crippen LogP contribution in [0.25, 0.3) is 0 Å². The van der Waals surface area contributed by atoms with Crippen LogP contribution >= 0.6 is 11.3 Å². The third-order valence-electron chi connectivity index (χ3n) is 5.32. The highest BCUT2D eigenvalue weighted by Gasteiger charge is 2.25. The van der Waals surface area contributed by atoms with Crippen LogP contribution in [-0.2, 0) is 28.8 Å². The van der Waals surface area contributed by atoms with Crippen molar-refractivity contribution in [2.75, 3.05) is 63.3 Å². The molecule has 150 valence electrons. The van der Waals surface area contributed by atoms with Crippen molar-refractivity contribution in [1.29, 1.82) is 0 Å². The molecule has 0 bridgehead atoms. The van der Waals surface area contributed by atoms with E-state index in [2.05, 4.69) is 15.2 Å². The molecule has 0 N–H and O–H groups in total. The van der Waals surface area contributed by atoms with E-state index in [9.17, 15) is 4.79 Å². The van der Waals surface area contributed by atoms with Crippen molar-refractivity contribution in [3.8, 4) is 0 Å². The molecule has 28 heavy (non-hydrogen) atoms. The van der Waals surface area contributed by atoms with Gasteiger partial charge >= 0.3 is 0 Å². The number of rotatable bonds is 4. The standard InChI is InChI=1S/C20H27N5O2S/c1-23(2)19-16-3-6-24(18(26)13-15-5-12-28-14-15)7-4-17(16)21-20(22-19)25-8-10-27-11-9-25/h5,12,14H,3-4,6-11,13H2,1-2H3. The van der Waals surface area contributed by atoms with Crippen LogP contribution < -0.4 is 9.80 Å². The number of aromatic nitrogens is 2. The second-order valence-corrected chi connectivity index (χ2v) is 8.24. The largest absolute Gasteiger partial charge is 0.378 e. The highest BCUT2D eigenvalue weighted by Crippen LogP contribution is 2.27. The van der Waals surface area contributed by atoms with Gasteiger partial charge in [-0.2, -0.15) is 16.3 Å². The van der Waals surface area contributed by atoms with Crippen LogP contribution in [0.3, 0.4) is 0 Å². The maximum absolute atomic E-state index is 12.8. The van der Waals surface area contributed by atoms with E-state index in [1.165, 1.54) is 5.56 Å². The van der Waals surface area contributed by atoms with Crippen LogP contribution in [0.2, 0.25) is 0 Å². The quantitative estimate of drug-likeness (QED) is 0.776. The summed E-state index contributed by atoms with van der Waals surface area (Å²) >= 11 is 1.63. The van der Waals surface area contributed by atoms with E-state index in [0.717, 1.165) is 55.5 Å². The zero-order valence-electron chi connectivity index (χ0n) is 16.6. The number of nitrogens with zero attached hydrogens (tertiary/aromatic N) is 5. The first kappa shape index (κ1) is 19.1. The van der Waals surface area contributed by atoms with Crippen LogP contribution in [0.1, 0.15) is 16.8 Å². The van der Waals surface area contributed by atoms with Gasteiger partial charge in [-0.3, -0.25) is 4.79 Å². The summed E-state index contributed by atoms with van der Waals surface area (Å²) in [6.45, 7) is 4.48. The van der Waals surface area contributed by atoms with Gasteiger partial charge in [0.1, 0.15) is 5.82 Å². The van der Waals surface area contributed by atoms with Gasteiger partial charge in [-0.05, 0) is 28.8 Å². The van der Waals surface area contributed by atoms with Crippen LogP contribution in [-0.4, -0.2) is 74.3 Å². The van der Waals surface area contributed by atoms with Crippen LogP contribution in [0, 0.1) is 0 Å². The van der Waals surface area contributed by atoms with E-state index in [0.29, 0.717) is 26.2 Å². The molecule has 2 aliphatic rings. The highest BCUT2D eigenvalue weighted by atomic mass is 32.1. The number of thiophene rings is 1. The van der Waals surface area contributed by atoms with Gasteiger partial charge < -0.3 is 19.4 Å². The Morgan fingerprint density at radius 2 is 1.96 bits per heavy atom. The van der Waals surface area contributed by atoms with E-state index >= 15 is 0 Å². The number of carbonyl (C=O) groups excluding carboxylic acids is 1. The summed E-state index contributed by atoms with van der Waals surface area (Å²) < 4.78 is 5.46. The number of hydrogen-bond donors (Lipinski definition) is 0. The first-order valence-corrected chi connectivity index (χ1v) is 10.7. The van der Waals surface area contributed by atoms with Gasteiger partial charge in [0.05, 0.1) is 25.3 Å². The summed E-state index contributed by atoms with van der Waals surface area (Å²) in [4.78, 5) is 28.8. The molecule has 7 nitrogen and oxygen atoms in total. The zero-order valence-corrected chi connectivity index (χ0v) is 17.4. The summed E-state index contributed by atoms with van der Waals surface area (Å²) in [5.74, 6) is 1.95. The topological polar surface area (TPSA) is 61.8 Å². The van der Waals surface area contributed by atoms with E-state index in [1.807, 2.05) is 30.4 Å². The van der Waals surface area contributed by atoms with Crippen molar-refractivity contribution in [3.63, 3.8) is 0 Å². The Hall–Kier alpha value is -2.19. The molecule has 4 heterocycles. The molecule has 0 atom stereocenters. The monoisotopic (exact) mass is 401 g/mol. The van der Waals surface area contributed by atoms with E-state index < -0.39 is 0 Å². The van der Waals surface area contributed by atoms with E-state index in [4.69, 9.17) is 14.7 Å². The van der Waals surface area contributed by atoms with Gasteiger partial charge in [0.2, 0.25) is 11.9 Å². The Bertz CT molecular complexity index is 818. The minimum absolute atomic E-state index is 0.193. The molecule has 0 spiro atoms. The van der Waals surface area contributed by atoms with Gasteiger partial charge in [-0.15, -0.1) is 0 Å². The lowest BCUT2D eigenvalue weighted by Gasteiger charge is -2.28. The molecular formula is C20H27N5O2S. The minimum Gasteiger partial charge on any atom is -0.378 e. The van der Waals surface area contributed by atoms with Crippen LogP contribution in [0.5, 0.6) is 0 Å². The molecule has 0 saturated carbocycles. The average molecular weight is 402 g/mol. The first-order valence-electron chi connectivity index (χ1n) is 9.80. The number of amides is 1. The van der Waals surface area contributed by atoms with Crippen LogP contribution in [0.4, 0.5) is 11.8 Å². The molecule has 2 aliphatic heterocycles. The lowest BCUT2D eigenvalue weighted by atomic mass is 10.1. The maximum Gasteiger partial charge on any atom is 0.227 e. The summed E-state index contributed by atoms with van der Waals surface area (Å²) in [7, 11) is 4.05.